The molecule has 3 rings (SSSR count). The first-order chi connectivity index (χ1) is 10.1. The Morgan fingerprint density at radius 3 is 3.00 bits per heavy atom. The molecule has 0 bridgehead atoms. The lowest BCUT2D eigenvalue weighted by Gasteiger charge is -2.21. The van der Waals surface area contributed by atoms with Crippen molar-refractivity contribution in [3.05, 3.63) is 34.1 Å². The number of aromatic nitrogens is 2. The fourth-order valence-corrected chi connectivity index (χ4v) is 2.59. The first kappa shape index (κ1) is 14.6. The highest BCUT2D eigenvalue weighted by atomic mass is 79.9. The first-order valence-corrected chi connectivity index (χ1v) is 7.23. The van der Waals surface area contributed by atoms with Crippen molar-refractivity contribution >= 4 is 15.9 Å². The Kier molecular flexibility index (Phi) is 4.27. The van der Waals surface area contributed by atoms with Gasteiger partial charge in [-0.3, -0.25) is 0 Å². The summed E-state index contributed by atoms with van der Waals surface area (Å²) < 4.78 is 37.3. The number of rotatable bonds is 3. The van der Waals surface area contributed by atoms with Crippen LogP contribution < -0.4 is 5.32 Å². The normalized spacial score (nSPS) is 18.9. The summed E-state index contributed by atoms with van der Waals surface area (Å²) in [5.41, 5.74) is 0.339. The van der Waals surface area contributed by atoms with Gasteiger partial charge in [0.15, 0.2) is 11.6 Å². The van der Waals surface area contributed by atoms with Gasteiger partial charge in [0.1, 0.15) is 0 Å². The van der Waals surface area contributed by atoms with Crippen LogP contribution in [-0.2, 0) is 11.2 Å². The molecule has 2 aromatic rings. The van der Waals surface area contributed by atoms with E-state index in [2.05, 4.69) is 31.4 Å². The highest BCUT2D eigenvalue weighted by molar-refractivity contribution is 9.10. The van der Waals surface area contributed by atoms with Crippen LogP contribution in [0.3, 0.4) is 0 Å². The largest absolute Gasteiger partial charge is 0.375 e. The highest BCUT2D eigenvalue weighted by Gasteiger charge is 2.20. The van der Waals surface area contributed by atoms with E-state index in [1.165, 1.54) is 6.07 Å². The third kappa shape index (κ3) is 3.12. The quantitative estimate of drug-likeness (QED) is 0.852. The molecule has 1 N–H and O–H groups in total. The van der Waals surface area contributed by atoms with Gasteiger partial charge in [-0.1, -0.05) is 5.16 Å². The molecule has 0 radical (unpaired) electrons. The van der Waals surface area contributed by atoms with Crippen LogP contribution in [0, 0.1) is 11.6 Å². The first-order valence-electron chi connectivity index (χ1n) is 6.44. The lowest BCUT2D eigenvalue weighted by atomic mass is 10.2. The van der Waals surface area contributed by atoms with E-state index < -0.39 is 11.6 Å². The van der Waals surface area contributed by atoms with Gasteiger partial charge in [-0.2, -0.15) is 4.98 Å². The molecule has 1 aliphatic rings. The summed E-state index contributed by atoms with van der Waals surface area (Å²) in [5, 5.41) is 7.01. The Labute approximate surface area is 127 Å². The van der Waals surface area contributed by atoms with E-state index in [9.17, 15) is 8.78 Å². The molecular weight excluding hydrogens is 348 g/mol. The molecule has 0 spiro atoms. The predicted octanol–water partition coefficient (Wildman–Crippen LogP) is 2.31. The topological polar surface area (TPSA) is 60.2 Å². The summed E-state index contributed by atoms with van der Waals surface area (Å²) in [4.78, 5) is 4.20. The molecule has 1 aromatic heterocycles. The molecule has 1 aliphatic heterocycles. The minimum absolute atomic E-state index is 0.0227. The molecular formula is C13H12BrF2N3O2. The molecule has 0 amide bonds. The zero-order chi connectivity index (χ0) is 14.8. The number of halogens is 3. The van der Waals surface area contributed by atoms with Crippen molar-refractivity contribution in [2.75, 3.05) is 19.7 Å². The summed E-state index contributed by atoms with van der Waals surface area (Å²) in [5.74, 6) is -1.30. The third-order valence-electron chi connectivity index (χ3n) is 3.15. The summed E-state index contributed by atoms with van der Waals surface area (Å²) in [7, 11) is 0. The van der Waals surface area contributed by atoms with E-state index in [1.807, 2.05) is 0 Å². The zero-order valence-corrected chi connectivity index (χ0v) is 12.5. The average molecular weight is 360 g/mol. The molecule has 1 fully saturated rings. The van der Waals surface area contributed by atoms with Crippen LogP contribution in [0.4, 0.5) is 8.78 Å². The Hall–Kier alpha value is -1.38. The van der Waals surface area contributed by atoms with E-state index in [0.717, 1.165) is 12.6 Å². The molecule has 1 unspecified atom stereocenters. The molecule has 112 valence electrons. The van der Waals surface area contributed by atoms with Crippen molar-refractivity contribution in [3.63, 3.8) is 0 Å². The summed E-state index contributed by atoms with van der Waals surface area (Å²) >= 11 is 3.00. The number of nitrogens with one attached hydrogen (secondary N) is 1. The number of morpholine rings is 1. The Balaban J connectivity index is 1.80. The SMILES string of the molecule is Fc1ccc(-c2noc(CC3CNCCO3)n2)c(Br)c1F. The van der Waals surface area contributed by atoms with Gasteiger partial charge >= 0.3 is 0 Å². The third-order valence-corrected chi connectivity index (χ3v) is 3.93. The second-order valence-corrected chi connectivity index (χ2v) is 5.43. The zero-order valence-electron chi connectivity index (χ0n) is 10.9. The second kappa shape index (κ2) is 6.17. The van der Waals surface area contributed by atoms with E-state index >= 15 is 0 Å². The number of benzene rings is 1. The van der Waals surface area contributed by atoms with Crippen LogP contribution in [0.15, 0.2) is 21.1 Å². The van der Waals surface area contributed by atoms with Gasteiger partial charge in [0, 0.05) is 18.7 Å². The Morgan fingerprint density at radius 1 is 1.38 bits per heavy atom. The molecule has 5 nitrogen and oxygen atoms in total. The van der Waals surface area contributed by atoms with Gasteiger partial charge in [-0.05, 0) is 28.1 Å². The summed E-state index contributed by atoms with van der Waals surface area (Å²) in [6, 6.07) is 2.43. The smallest absolute Gasteiger partial charge is 0.229 e. The van der Waals surface area contributed by atoms with Crippen molar-refractivity contribution < 1.29 is 18.0 Å². The van der Waals surface area contributed by atoms with E-state index in [1.54, 1.807) is 0 Å². The Bertz CT molecular complexity index is 644. The summed E-state index contributed by atoms with van der Waals surface area (Å²) in [6.45, 7) is 2.18. The van der Waals surface area contributed by atoms with Crippen LogP contribution in [0.25, 0.3) is 11.4 Å². The fourth-order valence-electron chi connectivity index (χ4n) is 2.09. The number of hydrogen-bond acceptors (Lipinski definition) is 5. The molecule has 21 heavy (non-hydrogen) atoms. The average Bonchev–Trinajstić information content (AvgIpc) is 2.94. The maximum atomic E-state index is 13.5. The molecule has 1 atom stereocenters. The number of nitrogens with zero attached hydrogens (tertiary/aromatic N) is 2. The lowest BCUT2D eigenvalue weighted by molar-refractivity contribution is 0.0246. The minimum Gasteiger partial charge on any atom is -0.375 e. The highest BCUT2D eigenvalue weighted by Crippen LogP contribution is 2.30. The van der Waals surface area contributed by atoms with Crippen LogP contribution >= 0.6 is 15.9 Å². The lowest BCUT2D eigenvalue weighted by Crippen LogP contribution is -2.39. The molecule has 0 saturated carbocycles. The maximum absolute atomic E-state index is 13.5. The molecule has 1 aromatic carbocycles. The monoisotopic (exact) mass is 359 g/mol. The molecule has 0 aliphatic carbocycles. The molecule has 1 saturated heterocycles. The summed E-state index contributed by atoms with van der Waals surface area (Å²) in [6.07, 6.45) is 0.446. The van der Waals surface area contributed by atoms with Crippen LogP contribution in [0.1, 0.15) is 5.89 Å². The van der Waals surface area contributed by atoms with Crippen molar-refractivity contribution in [1.82, 2.24) is 15.5 Å². The van der Waals surface area contributed by atoms with Crippen molar-refractivity contribution in [2.24, 2.45) is 0 Å². The van der Waals surface area contributed by atoms with Gasteiger partial charge in [0.05, 0.1) is 23.6 Å². The molecule has 8 heteroatoms. The second-order valence-electron chi connectivity index (χ2n) is 4.64. The van der Waals surface area contributed by atoms with Gasteiger partial charge in [0.25, 0.3) is 0 Å². The van der Waals surface area contributed by atoms with E-state index in [0.29, 0.717) is 31.0 Å². The van der Waals surface area contributed by atoms with Gasteiger partial charge < -0.3 is 14.6 Å². The standard InChI is InChI=1S/C13H12BrF2N3O2/c14-11-8(1-2-9(15)12(11)16)13-18-10(21-19-13)5-7-6-17-3-4-20-7/h1-2,7,17H,3-6H2. The van der Waals surface area contributed by atoms with Crippen molar-refractivity contribution in [3.8, 4) is 11.4 Å². The van der Waals surface area contributed by atoms with Gasteiger partial charge in [0.2, 0.25) is 11.7 Å². The number of hydrogen-bond donors (Lipinski definition) is 1. The van der Waals surface area contributed by atoms with E-state index in [4.69, 9.17) is 9.26 Å². The van der Waals surface area contributed by atoms with E-state index in [-0.39, 0.29) is 16.4 Å². The fraction of sp³-hybridized carbons (Fsp3) is 0.385. The van der Waals surface area contributed by atoms with Crippen molar-refractivity contribution in [2.45, 2.75) is 12.5 Å². The predicted molar refractivity (Wildman–Crippen MR) is 73.7 cm³/mol. The Morgan fingerprint density at radius 2 is 2.24 bits per heavy atom. The van der Waals surface area contributed by atoms with Crippen molar-refractivity contribution in [1.29, 1.82) is 0 Å². The van der Waals surface area contributed by atoms with Gasteiger partial charge in [-0.25, -0.2) is 8.78 Å². The minimum atomic E-state index is -0.973. The van der Waals surface area contributed by atoms with Gasteiger partial charge in [-0.15, -0.1) is 0 Å². The van der Waals surface area contributed by atoms with Crippen LogP contribution in [-0.4, -0.2) is 35.9 Å². The van der Waals surface area contributed by atoms with Crippen LogP contribution in [0.2, 0.25) is 0 Å². The maximum Gasteiger partial charge on any atom is 0.229 e. The molecule has 2 heterocycles. The van der Waals surface area contributed by atoms with Crippen LogP contribution in [0.5, 0.6) is 0 Å². The number of ether oxygens (including phenoxy) is 1.